The monoisotopic (exact) mass is 338 g/mol. The largest absolute Gasteiger partial charge is 0.490 e. The van der Waals surface area contributed by atoms with Gasteiger partial charge in [0.25, 0.3) is 5.56 Å². The van der Waals surface area contributed by atoms with Crippen molar-refractivity contribution in [2.24, 2.45) is 0 Å². The molecule has 0 aliphatic heterocycles. The van der Waals surface area contributed by atoms with Crippen molar-refractivity contribution in [2.45, 2.75) is 26.2 Å². The maximum absolute atomic E-state index is 13.3. The van der Waals surface area contributed by atoms with Gasteiger partial charge in [-0.2, -0.15) is 0 Å². The number of fused-ring (bicyclic) bond motifs is 1. The van der Waals surface area contributed by atoms with Crippen LogP contribution < -0.4 is 10.3 Å². The van der Waals surface area contributed by atoms with Crippen LogP contribution in [0.15, 0.2) is 53.5 Å². The maximum atomic E-state index is 13.3. The summed E-state index contributed by atoms with van der Waals surface area (Å²) in [6, 6.07) is 13.2. The van der Waals surface area contributed by atoms with Crippen molar-refractivity contribution < 1.29 is 9.84 Å². The Bertz CT molecular complexity index is 904. The molecular formula is C20H22N2O3. The second-order valence-electron chi connectivity index (χ2n) is 5.83. The summed E-state index contributed by atoms with van der Waals surface area (Å²) in [6.07, 6.45) is 4.18. The Morgan fingerprint density at radius 2 is 1.96 bits per heavy atom. The average Bonchev–Trinajstić information content (AvgIpc) is 2.66. The van der Waals surface area contributed by atoms with E-state index in [1.807, 2.05) is 42.5 Å². The summed E-state index contributed by atoms with van der Waals surface area (Å²) < 4.78 is 7.41. The van der Waals surface area contributed by atoms with E-state index in [4.69, 9.17) is 9.84 Å². The third-order valence-corrected chi connectivity index (χ3v) is 4.11. The molecule has 0 fully saturated rings. The maximum Gasteiger partial charge on any atom is 0.263 e. The first-order chi connectivity index (χ1) is 12.3. The lowest BCUT2D eigenvalue weighted by Crippen LogP contribution is -2.25. The molecule has 0 aliphatic carbocycles. The highest BCUT2D eigenvalue weighted by Gasteiger charge is 2.19. The normalized spacial score (nSPS) is 11.0. The minimum Gasteiger partial charge on any atom is -0.490 e. The summed E-state index contributed by atoms with van der Waals surface area (Å²) in [6.45, 7) is 2.14. The van der Waals surface area contributed by atoms with Gasteiger partial charge in [0.15, 0.2) is 5.65 Å². The van der Waals surface area contributed by atoms with Gasteiger partial charge < -0.3 is 9.84 Å². The third kappa shape index (κ3) is 3.42. The Hall–Kier alpha value is -2.66. The SMILES string of the molecule is CCCCc1c(OCCO)c2cccnc2n(-c2ccccc2)c1=O. The van der Waals surface area contributed by atoms with Crippen molar-refractivity contribution in [3.8, 4) is 11.4 Å². The molecule has 5 nitrogen and oxygen atoms in total. The van der Waals surface area contributed by atoms with Crippen LogP contribution in [0.5, 0.6) is 5.75 Å². The fourth-order valence-corrected chi connectivity index (χ4v) is 2.95. The number of hydrogen-bond acceptors (Lipinski definition) is 4. The molecule has 0 atom stereocenters. The molecule has 2 aromatic heterocycles. The van der Waals surface area contributed by atoms with Gasteiger partial charge in [0.05, 0.1) is 23.2 Å². The van der Waals surface area contributed by atoms with E-state index >= 15 is 0 Å². The lowest BCUT2D eigenvalue weighted by molar-refractivity contribution is 0.201. The number of aromatic nitrogens is 2. The minimum atomic E-state index is -0.112. The molecule has 0 bridgehead atoms. The molecule has 0 spiro atoms. The Kier molecular flexibility index (Phi) is 5.46. The van der Waals surface area contributed by atoms with E-state index in [2.05, 4.69) is 11.9 Å². The zero-order valence-corrected chi connectivity index (χ0v) is 14.3. The predicted molar refractivity (Wildman–Crippen MR) is 98.5 cm³/mol. The third-order valence-electron chi connectivity index (χ3n) is 4.11. The molecule has 1 N–H and O–H groups in total. The molecule has 0 aliphatic rings. The number of para-hydroxylation sites is 1. The number of pyridine rings is 2. The second-order valence-corrected chi connectivity index (χ2v) is 5.83. The van der Waals surface area contributed by atoms with Crippen molar-refractivity contribution in [3.63, 3.8) is 0 Å². The summed E-state index contributed by atoms with van der Waals surface area (Å²) in [4.78, 5) is 17.7. The second kappa shape index (κ2) is 7.94. The van der Waals surface area contributed by atoms with E-state index in [9.17, 15) is 4.79 Å². The van der Waals surface area contributed by atoms with Crippen LogP contribution in [0.3, 0.4) is 0 Å². The van der Waals surface area contributed by atoms with E-state index < -0.39 is 0 Å². The van der Waals surface area contributed by atoms with Crippen LogP contribution in [0.2, 0.25) is 0 Å². The summed E-state index contributed by atoms with van der Waals surface area (Å²) in [7, 11) is 0. The molecule has 0 saturated carbocycles. The van der Waals surface area contributed by atoms with Crippen LogP contribution in [-0.2, 0) is 6.42 Å². The molecule has 25 heavy (non-hydrogen) atoms. The van der Waals surface area contributed by atoms with E-state index in [1.54, 1.807) is 10.8 Å². The van der Waals surface area contributed by atoms with Crippen LogP contribution in [-0.4, -0.2) is 27.9 Å². The first kappa shape index (κ1) is 17.2. The highest BCUT2D eigenvalue weighted by Crippen LogP contribution is 2.29. The lowest BCUT2D eigenvalue weighted by atomic mass is 10.1. The highest BCUT2D eigenvalue weighted by molar-refractivity contribution is 5.85. The van der Waals surface area contributed by atoms with E-state index in [1.165, 1.54) is 0 Å². The van der Waals surface area contributed by atoms with Gasteiger partial charge in [-0.1, -0.05) is 31.5 Å². The Morgan fingerprint density at radius 1 is 1.16 bits per heavy atom. The van der Waals surface area contributed by atoms with Crippen molar-refractivity contribution in [1.29, 1.82) is 0 Å². The first-order valence-electron chi connectivity index (χ1n) is 8.59. The molecule has 0 amide bonds. The number of hydrogen-bond donors (Lipinski definition) is 1. The number of rotatable bonds is 7. The standard InChI is InChI=1S/C20H22N2O3/c1-2-3-10-17-18(25-14-13-23)16-11-7-12-21-19(16)22(20(17)24)15-8-5-4-6-9-15/h4-9,11-12,23H,2-3,10,13-14H2,1H3. The average molecular weight is 338 g/mol. The predicted octanol–water partition coefficient (Wildman–Crippen LogP) is 3.10. The molecule has 0 unspecified atom stereocenters. The van der Waals surface area contributed by atoms with Crippen LogP contribution in [0.1, 0.15) is 25.3 Å². The van der Waals surface area contributed by atoms with Gasteiger partial charge in [-0.05, 0) is 37.1 Å². The Labute approximate surface area is 146 Å². The van der Waals surface area contributed by atoms with Gasteiger partial charge in [-0.3, -0.25) is 9.36 Å². The molecule has 130 valence electrons. The smallest absolute Gasteiger partial charge is 0.263 e. The summed E-state index contributed by atoms with van der Waals surface area (Å²) in [5, 5.41) is 9.93. The summed E-state index contributed by atoms with van der Waals surface area (Å²) in [5.41, 5.74) is 1.87. The Morgan fingerprint density at radius 3 is 2.68 bits per heavy atom. The minimum absolute atomic E-state index is 0.100. The summed E-state index contributed by atoms with van der Waals surface area (Å²) in [5.74, 6) is 0.544. The van der Waals surface area contributed by atoms with Crippen molar-refractivity contribution in [3.05, 3.63) is 64.6 Å². The molecule has 3 aromatic rings. The van der Waals surface area contributed by atoms with Gasteiger partial charge in [0.1, 0.15) is 12.4 Å². The van der Waals surface area contributed by atoms with Crippen LogP contribution in [0.4, 0.5) is 0 Å². The molecule has 0 radical (unpaired) electrons. The number of aliphatic hydroxyl groups excluding tert-OH is 1. The zero-order valence-electron chi connectivity index (χ0n) is 14.3. The molecule has 0 saturated heterocycles. The molecule has 2 heterocycles. The number of benzene rings is 1. The van der Waals surface area contributed by atoms with Crippen molar-refractivity contribution >= 4 is 11.0 Å². The van der Waals surface area contributed by atoms with E-state index in [0.717, 1.165) is 23.9 Å². The zero-order chi connectivity index (χ0) is 17.6. The topological polar surface area (TPSA) is 64.3 Å². The van der Waals surface area contributed by atoms with Gasteiger partial charge in [-0.15, -0.1) is 0 Å². The van der Waals surface area contributed by atoms with Gasteiger partial charge in [0.2, 0.25) is 0 Å². The van der Waals surface area contributed by atoms with E-state index in [0.29, 0.717) is 23.4 Å². The quantitative estimate of drug-likeness (QED) is 0.719. The van der Waals surface area contributed by atoms with Crippen LogP contribution >= 0.6 is 0 Å². The lowest BCUT2D eigenvalue weighted by Gasteiger charge is -2.17. The van der Waals surface area contributed by atoms with Crippen LogP contribution in [0.25, 0.3) is 16.7 Å². The number of ether oxygens (including phenoxy) is 1. The highest BCUT2D eigenvalue weighted by atomic mass is 16.5. The van der Waals surface area contributed by atoms with Crippen molar-refractivity contribution in [1.82, 2.24) is 9.55 Å². The number of unbranched alkanes of at least 4 members (excludes halogenated alkanes) is 1. The number of aliphatic hydroxyl groups is 1. The fourth-order valence-electron chi connectivity index (χ4n) is 2.95. The molecule has 3 rings (SSSR count). The van der Waals surface area contributed by atoms with Gasteiger partial charge in [0, 0.05) is 6.20 Å². The Balaban J connectivity index is 2.33. The van der Waals surface area contributed by atoms with Crippen LogP contribution in [0, 0.1) is 0 Å². The molecule has 5 heteroatoms. The molecule has 1 aromatic carbocycles. The first-order valence-corrected chi connectivity index (χ1v) is 8.59. The van der Waals surface area contributed by atoms with E-state index in [-0.39, 0.29) is 18.8 Å². The van der Waals surface area contributed by atoms with Gasteiger partial charge in [-0.25, -0.2) is 4.98 Å². The van der Waals surface area contributed by atoms with Gasteiger partial charge >= 0.3 is 0 Å². The number of nitrogens with zero attached hydrogens (tertiary/aromatic N) is 2. The fraction of sp³-hybridized carbons (Fsp3) is 0.300. The molecular weight excluding hydrogens is 316 g/mol. The van der Waals surface area contributed by atoms with Crippen molar-refractivity contribution in [2.75, 3.05) is 13.2 Å². The summed E-state index contributed by atoms with van der Waals surface area (Å²) >= 11 is 0.